The predicted molar refractivity (Wildman–Crippen MR) is 67.1 cm³/mol. The van der Waals surface area contributed by atoms with Crippen LogP contribution in [0.4, 0.5) is 0 Å². The molecule has 0 aliphatic heterocycles. The number of hydrogen-bond acceptors (Lipinski definition) is 3. The number of rotatable bonds is 6. The molecule has 1 fully saturated rings. The number of ether oxygens (including phenoxy) is 1. The number of aliphatic carboxylic acids is 1. The zero-order valence-electron chi connectivity index (χ0n) is 11.2. The molecular weight excluding hydrogens is 218 g/mol. The Morgan fingerprint density at radius 1 is 1.47 bits per heavy atom. The summed E-state index contributed by atoms with van der Waals surface area (Å²) in [5.74, 6) is -0.234. The molecule has 4 nitrogen and oxygen atoms in total. The molecule has 2 unspecified atom stereocenters. The second-order valence-corrected chi connectivity index (χ2v) is 5.40. The Morgan fingerprint density at radius 3 is 2.71 bits per heavy atom. The molecule has 1 aliphatic rings. The van der Waals surface area contributed by atoms with E-state index in [-0.39, 0.29) is 6.54 Å². The first-order chi connectivity index (χ1) is 8.02. The minimum Gasteiger partial charge on any atom is -0.480 e. The molecule has 0 aromatic heterocycles. The summed E-state index contributed by atoms with van der Waals surface area (Å²) in [7, 11) is 1.75. The van der Waals surface area contributed by atoms with Crippen molar-refractivity contribution in [1.29, 1.82) is 0 Å². The van der Waals surface area contributed by atoms with Gasteiger partial charge >= 0.3 is 5.97 Å². The Hall–Kier alpha value is -0.610. The van der Waals surface area contributed by atoms with Gasteiger partial charge in [0, 0.05) is 19.7 Å². The van der Waals surface area contributed by atoms with Crippen LogP contribution in [-0.2, 0) is 9.53 Å². The van der Waals surface area contributed by atoms with Crippen LogP contribution in [0.15, 0.2) is 0 Å². The fourth-order valence-corrected chi connectivity index (χ4v) is 2.65. The lowest BCUT2D eigenvalue weighted by Crippen LogP contribution is -2.44. The van der Waals surface area contributed by atoms with Crippen molar-refractivity contribution < 1.29 is 14.6 Å². The summed E-state index contributed by atoms with van der Waals surface area (Å²) in [5.41, 5.74) is 0. The highest BCUT2D eigenvalue weighted by atomic mass is 16.5. The predicted octanol–water partition coefficient (Wildman–Crippen LogP) is 1.99. The second-order valence-electron chi connectivity index (χ2n) is 5.40. The number of carbonyl (C=O) groups is 1. The van der Waals surface area contributed by atoms with E-state index in [1.807, 2.05) is 0 Å². The fraction of sp³-hybridized carbons (Fsp3) is 0.923. The summed E-state index contributed by atoms with van der Waals surface area (Å²) in [4.78, 5) is 13.0. The molecule has 0 aromatic carbocycles. The molecule has 0 amide bonds. The van der Waals surface area contributed by atoms with Gasteiger partial charge < -0.3 is 9.84 Å². The smallest absolute Gasteiger partial charge is 0.317 e. The normalized spacial score (nSPS) is 25.5. The molecule has 0 aromatic rings. The SMILES string of the molecule is COC1CCCC(N(CC(=O)O)CC(C)C)C1. The van der Waals surface area contributed by atoms with Gasteiger partial charge in [-0.1, -0.05) is 13.8 Å². The summed E-state index contributed by atoms with van der Waals surface area (Å²) in [5, 5.41) is 8.98. The number of hydrogen-bond donors (Lipinski definition) is 1. The first kappa shape index (κ1) is 14.5. The first-order valence-corrected chi connectivity index (χ1v) is 6.51. The molecule has 0 bridgehead atoms. The maximum absolute atomic E-state index is 10.9. The van der Waals surface area contributed by atoms with E-state index in [0.29, 0.717) is 18.1 Å². The molecule has 1 saturated carbocycles. The van der Waals surface area contributed by atoms with E-state index in [4.69, 9.17) is 9.84 Å². The van der Waals surface area contributed by atoms with Crippen molar-refractivity contribution in [2.24, 2.45) is 5.92 Å². The molecule has 2 atom stereocenters. The summed E-state index contributed by atoms with van der Waals surface area (Å²) < 4.78 is 5.41. The van der Waals surface area contributed by atoms with Crippen molar-refractivity contribution in [1.82, 2.24) is 4.90 Å². The van der Waals surface area contributed by atoms with Gasteiger partial charge in [-0.15, -0.1) is 0 Å². The number of carboxylic acids is 1. The Bertz CT molecular complexity index is 243. The van der Waals surface area contributed by atoms with Crippen LogP contribution in [-0.4, -0.2) is 48.3 Å². The lowest BCUT2D eigenvalue weighted by molar-refractivity contribution is -0.139. The van der Waals surface area contributed by atoms with Crippen LogP contribution < -0.4 is 0 Å². The summed E-state index contributed by atoms with van der Waals surface area (Å²) in [6, 6.07) is 0.368. The van der Waals surface area contributed by atoms with Gasteiger partial charge in [-0.25, -0.2) is 0 Å². The van der Waals surface area contributed by atoms with Crippen LogP contribution >= 0.6 is 0 Å². The van der Waals surface area contributed by atoms with Gasteiger partial charge in [-0.05, 0) is 31.6 Å². The number of carboxylic acid groups (broad SMARTS) is 1. The van der Waals surface area contributed by atoms with E-state index in [0.717, 1.165) is 32.2 Å². The highest BCUT2D eigenvalue weighted by Gasteiger charge is 2.28. The van der Waals surface area contributed by atoms with Gasteiger partial charge in [-0.2, -0.15) is 0 Å². The molecule has 1 rings (SSSR count). The average Bonchev–Trinajstić information content (AvgIpc) is 2.27. The Labute approximate surface area is 104 Å². The maximum Gasteiger partial charge on any atom is 0.317 e. The van der Waals surface area contributed by atoms with Crippen LogP contribution in [0.25, 0.3) is 0 Å². The highest BCUT2D eigenvalue weighted by molar-refractivity contribution is 5.69. The third-order valence-corrected chi connectivity index (χ3v) is 3.39. The van der Waals surface area contributed by atoms with Gasteiger partial charge in [0.05, 0.1) is 12.6 Å². The first-order valence-electron chi connectivity index (χ1n) is 6.51. The van der Waals surface area contributed by atoms with Crippen molar-refractivity contribution in [3.05, 3.63) is 0 Å². The quantitative estimate of drug-likeness (QED) is 0.775. The molecule has 100 valence electrons. The molecule has 0 spiro atoms. The molecule has 1 N–H and O–H groups in total. The van der Waals surface area contributed by atoms with Crippen molar-refractivity contribution >= 4 is 5.97 Å². The Kier molecular flexibility index (Phi) is 5.92. The molecular formula is C13H25NO3. The lowest BCUT2D eigenvalue weighted by Gasteiger charge is -2.37. The standard InChI is InChI=1S/C13H25NO3/c1-10(2)8-14(9-13(15)16)11-5-4-6-12(7-11)17-3/h10-12H,4-9H2,1-3H3,(H,15,16). The van der Waals surface area contributed by atoms with Crippen LogP contribution in [0.1, 0.15) is 39.5 Å². The second kappa shape index (κ2) is 6.97. The third kappa shape index (κ3) is 5.04. The Balaban J connectivity index is 2.57. The molecule has 0 saturated heterocycles. The van der Waals surface area contributed by atoms with Crippen molar-refractivity contribution in [2.45, 2.75) is 51.7 Å². The maximum atomic E-state index is 10.9. The largest absolute Gasteiger partial charge is 0.480 e. The zero-order chi connectivity index (χ0) is 12.8. The average molecular weight is 243 g/mol. The van der Waals surface area contributed by atoms with Crippen molar-refractivity contribution in [3.63, 3.8) is 0 Å². The minimum absolute atomic E-state index is 0.152. The van der Waals surface area contributed by atoms with Gasteiger partial charge in [-0.3, -0.25) is 9.69 Å². The summed E-state index contributed by atoms with van der Waals surface area (Å²) in [6.07, 6.45) is 4.61. The van der Waals surface area contributed by atoms with Gasteiger partial charge in [0.1, 0.15) is 0 Å². The summed E-state index contributed by atoms with van der Waals surface area (Å²) >= 11 is 0. The zero-order valence-corrected chi connectivity index (χ0v) is 11.2. The molecule has 0 heterocycles. The molecule has 0 radical (unpaired) electrons. The van der Waals surface area contributed by atoms with Gasteiger partial charge in [0.2, 0.25) is 0 Å². The summed E-state index contributed by atoms with van der Waals surface area (Å²) in [6.45, 7) is 5.27. The van der Waals surface area contributed by atoms with Crippen LogP contribution in [0, 0.1) is 5.92 Å². The van der Waals surface area contributed by atoms with E-state index in [2.05, 4.69) is 18.7 Å². The third-order valence-electron chi connectivity index (χ3n) is 3.39. The number of nitrogens with zero attached hydrogens (tertiary/aromatic N) is 1. The van der Waals surface area contributed by atoms with E-state index < -0.39 is 5.97 Å². The monoisotopic (exact) mass is 243 g/mol. The van der Waals surface area contributed by atoms with Gasteiger partial charge in [0.15, 0.2) is 0 Å². The van der Waals surface area contributed by atoms with E-state index in [9.17, 15) is 4.79 Å². The topological polar surface area (TPSA) is 49.8 Å². The lowest BCUT2D eigenvalue weighted by atomic mass is 9.91. The fourth-order valence-electron chi connectivity index (χ4n) is 2.65. The van der Waals surface area contributed by atoms with Crippen LogP contribution in [0.2, 0.25) is 0 Å². The van der Waals surface area contributed by atoms with Gasteiger partial charge in [0.25, 0.3) is 0 Å². The number of methoxy groups -OCH3 is 1. The molecule has 1 aliphatic carbocycles. The molecule has 17 heavy (non-hydrogen) atoms. The van der Waals surface area contributed by atoms with E-state index in [1.165, 1.54) is 0 Å². The van der Waals surface area contributed by atoms with Crippen molar-refractivity contribution in [3.8, 4) is 0 Å². The van der Waals surface area contributed by atoms with Crippen molar-refractivity contribution in [2.75, 3.05) is 20.2 Å². The van der Waals surface area contributed by atoms with Crippen LogP contribution in [0.5, 0.6) is 0 Å². The molecule has 4 heteroatoms. The van der Waals surface area contributed by atoms with E-state index >= 15 is 0 Å². The highest BCUT2D eigenvalue weighted by Crippen LogP contribution is 2.25. The van der Waals surface area contributed by atoms with Crippen LogP contribution in [0.3, 0.4) is 0 Å². The van der Waals surface area contributed by atoms with E-state index in [1.54, 1.807) is 7.11 Å². The minimum atomic E-state index is -0.731. The Morgan fingerprint density at radius 2 is 2.18 bits per heavy atom.